The minimum atomic E-state index is -0.00968. The van der Waals surface area contributed by atoms with E-state index in [1.807, 2.05) is 37.4 Å². The summed E-state index contributed by atoms with van der Waals surface area (Å²) in [6, 6.07) is 11.7. The molecule has 108 valence electrons. The highest BCUT2D eigenvalue weighted by Gasteiger charge is 2.29. The molecule has 2 heterocycles. The Morgan fingerprint density at radius 3 is 2.62 bits per heavy atom. The van der Waals surface area contributed by atoms with E-state index in [1.165, 1.54) is 0 Å². The topological polar surface area (TPSA) is 36.4 Å². The Hall–Kier alpha value is -2.36. The van der Waals surface area contributed by atoms with Crippen LogP contribution in [0.2, 0.25) is 0 Å². The van der Waals surface area contributed by atoms with E-state index in [1.54, 1.807) is 11.1 Å². The second-order valence-electron chi connectivity index (χ2n) is 5.23. The molecule has 4 heteroatoms. The zero-order chi connectivity index (χ0) is 14.8. The number of anilines is 3. The number of amides is 1. The van der Waals surface area contributed by atoms with Gasteiger partial charge in [0.05, 0.1) is 16.9 Å². The number of nitrogens with zero attached hydrogens (tertiary/aromatic N) is 3. The molecule has 1 aliphatic heterocycles. The third-order valence-corrected chi connectivity index (χ3v) is 3.85. The molecule has 3 rings (SSSR count). The van der Waals surface area contributed by atoms with Crippen molar-refractivity contribution in [3.8, 4) is 0 Å². The second-order valence-corrected chi connectivity index (χ2v) is 5.23. The number of carbonyl (C=O) groups is 1. The summed E-state index contributed by atoms with van der Waals surface area (Å²) >= 11 is 0. The molecule has 1 aromatic carbocycles. The molecule has 2 aromatic rings. The van der Waals surface area contributed by atoms with Crippen molar-refractivity contribution in [2.24, 2.45) is 0 Å². The fourth-order valence-corrected chi connectivity index (χ4v) is 2.70. The molecule has 0 saturated heterocycles. The van der Waals surface area contributed by atoms with E-state index < -0.39 is 0 Å². The maximum atomic E-state index is 12.7. The van der Waals surface area contributed by atoms with Gasteiger partial charge in [-0.15, -0.1) is 0 Å². The summed E-state index contributed by atoms with van der Waals surface area (Å²) in [5.41, 5.74) is 2.63. The molecule has 0 atom stereocenters. The van der Waals surface area contributed by atoms with Crippen molar-refractivity contribution in [1.82, 2.24) is 4.98 Å². The summed E-state index contributed by atoms with van der Waals surface area (Å²) in [5, 5.41) is 0. The van der Waals surface area contributed by atoms with E-state index in [0.717, 1.165) is 36.6 Å². The van der Waals surface area contributed by atoms with Crippen LogP contribution in [0.4, 0.5) is 17.2 Å². The van der Waals surface area contributed by atoms with Gasteiger partial charge in [0.25, 0.3) is 5.91 Å². The molecule has 0 unspecified atom stereocenters. The summed E-state index contributed by atoms with van der Waals surface area (Å²) in [5.74, 6) is 0.747. The quantitative estimate of drug-likeness (QED) is 0.862. The second kappa shape index (κ2) is 5.56. The van der Waals surface area contributed by atoms with Crippen LogP contribution >= 0.6 is 0 Å². The monoisotopic (exact) mass is 281 g/mol. The van der Waals surface area contributed by atoms with Gasteiger partial charge in [-0.25, -0.2) is 4.98 Å². The summed E-state index contributed by atoms with van der Waals surface area (Å²) in [7, 11) is 1.82. The van der Waals surface area contributed by atoms with E-state index >= 15 is 0 Å². The Labute approximate surface area is 125 Å². The van der Waals surface area contributed by atoms with E-state index in [9.17, 15) is 4.79 Å². The van der Waals surface area contributed by atoms with Crippen LogP contribution in [0.15, 0.2) is 42.6 Å². The number of benzene rings is 1. The number of unbranched alkanes of at least 4 members (excludes halogenated alkanes) is 1. The highest BCUT2D eigenvalue weighted by Crippen LogP contribution is 2.38. The molecule has 1 amide bonds. The van der Waals surface area contributed by atoms with Crippen molar-refractivity contribution in [3.05, 3.63) is 48.2 Å². The first kappa shape index (κ1) is 13.6. The molecule has 0 fully saturated rings. The number of hydrogen-bond acceptors (Lipinski definition) is 3. The molecule has 1 aliphatic rings. The maximum absolute atomic E-state index is 12.7. The number of carbonyl (C=O) groups excluding carboxylic acids is 1. The number of para-hydroxylation sites is 2. The number of aromatic nitrogens is 1. The maximum Gasteiger partial charge on any atom is 0.261 e. The van der Waals surface area contributed by atoms with E-state index in [2.05, 4.69) is 22.9 Å². The molecule has 0 spiro atoms. The van der Waals surface area contributed by atoms with Crippen LogP contribution in [0.25, 0.3) is 0 Å². The Morgan fingerprint density at radius 1 is 1.10 bits per heavy atom. The largest absolute Gasteiger partial charge is 0.324 e. The van der Waals surface area contributed by atoms with Gasteiger partial charge in [-0.2, -0.15) is 0 Å². The molecule has 0 bridgehead atoms. The predicted molar refractivity (Wildman–Crippen MR) is 85.3 cm³/mol. The number of fused-ring (bicyclic) bond motifs is 2. The average molecular weight is 281 g/mol. The zero-order valence-electron chi connectivity index (χ0n) is 12.4. The van der Waals surface area contributed by atoms with Crippen LogP contribution in [0.1, 0.15) is 30.1 Å². The van der Waals surface area contributed by atoms with Crippen molar-refractivity contribution in [2.45, 2.75) is 19.8 Å². The predicted octanol–water partition coefficient (Wildman–Crippen LogP) is 3.61. The van der Waals surface area contributed by atoms with Gasteiger partial charge in [-0.05, 0) is 30.7 Å². The first-order valence-corrected chi connectivity index (χ1v) is 7.33. The summed E-state index contributed by atoms with van der Waals surface area (Å²) in [6.45, 7) is 3.03. The van der Waals surface area contributed by atoms with Gasteiger partial charge in [-0.3, -0.25) is 4.79 Å². The zero-order valence-corrected chi connectivity index (χ0v) is 12.4. The first-order valence-electron chi connectivity index (χ1n) is 7.33. The minimum Gasteiger partial charge on any atom is -0.324 e. The van der Waals surface area contributed by atoms with Crippen LogP contribution in [0.3, 0.4) is 0 Å². The fourth-order valence-electron chi connectivity index (χ4n) is 2.70. The average Bonchev–Trinajstić information content (AvgIpc) is 2.62. The summed E-state index contributed by atoms with van der Waals surface area (Å²) in [6.07, 6.45) is 3.91. The lowest BCUT2D eigenvalue weighted by molar-refractivity contribution is 0.0994. The van der Waals surface area contributed by atoms with Crippen LogP contribution < -0.4 is 9.80 Å². The lowest BCUT2D eigenvalue weighted by Crippen LogP contribution is -2.25. The Balaban J connectivity index is 2.21. The molecule has 0 saturated carbocycles. The molecule has 0 radical (unpaired) electrons. The van der Waals surface area contributed by atoms with Gasteiger partial charge >= 0.3 is 0 Å². The van der Waals surface area contributed by atoms with Crippen LogP contribution in [-0.4, -0.2) is 24.5 Å². The smallest absolute Gasteiger partial charge is 0.261 e. The van der Waals surface area contributed by atoms with Crippen LogP contribution in [0, 0.1) is 0 Å². The fraction of sp³-hybridized carbons (Fsp3) is 0.294. The van der Waals surface area contributed by atoms with Gasteiger partial charge < -0.3 is 9.80 Å². The van der Waals surface area contributed by atoms with Gasteiger partial charge in [0.15, 0.2) is 0 Å². The Bertz CT molecular complexity index is 669. The molecule has 0 aliphatic carbocycles. The van der Waals surface area contributed by atoms with E-state index in [0.29, 0.717) is 5.56 Å². The summed E-state index contributed by atoms with van der Waals surface area (Å²) in [4.78, 5) is 21.0. The van der Waals surface area contributed by atoms with Gasteiger partial charge in [-0.1, -0.05) is 25.5 Å². The van der Waals surface area contributed by atoms with Crippen molar-refractivity contribution in [3.63, 3.8) is 0 Å². The van der Waals surface area contributed by atoms with Crippen molar-refractivity contribution in [2.75, 3.05) is 23.4 Å². The summed E-state index contributed by atoms with van der Waals surface area (Å²) < 4.78 is 0. The molecule has 4 nitrogen and oxygen atoms in total. The van der Waals surface area contributed by atoms with Crippen molar-refractivity contribution < 1.29 is 4.79 Å². The highest BCUT2D eigenvalue weighted by molar-refractivity contribution is 6.12. The Morgan fingerprint density at radius 2 is 1.86 bits per heavy atom. The SMILES string of the molecule is CCCCN1c2ccccc2N(C)C(=O)c2cccnc21. The number of pyridine rings is 1. The molecular weight excluding hydrogens is 262 g/mol. The number of rotatable bonds is 3. The molecule has 0 N–H and O–H groups in total. The van der Waals surface area contributed by atoms with Gasteiger partial charge in [0.1, 0.15) is 5.82 Å². The van der Waals surface area contributed by atoms with E-state index in [-0.39, 0.29) is 5.91 Å². The lowest BCUT2D eigenvalue weighted by atomic mass is 10.2. The lowest BCUT2D eigenvalue weighted by Gasteiger charge is -2.25. The highest BCUT2D eigenvalue weighted by atomic mass is 16.2. The van der Waals surface area contributed by atoms with E-state index in [4.69, 9.17) is 0 Å². The molecule has 21 heavy (non-hydrogen) atoms. The van der Waals surface area contributed by atoms with Crippen molar-refractivity contribution in [1.29, 1.82) is 0 Å². The third-order valence-electron chi connectivity index (χ3n) is 3.85. The van der Waals surface area contributed by atoms with Gasteiger partial charge in [0.2, 0.25) is 0 Å². The standard InChI is InChI=1S/C17H19N3O/c1-3-4-12-20-15-10-6-5-9-14(15)19(2)17(21)13-8-7-11-18-16(13)20/h5-11H,3-4,12H2,1-2H3. The van der Waals surface area contributed by atoms with Crippen LogP contribution in [0.5, 0.6) is 0 Å². The normalized spacial score (nSPS) is 13.7. The molecular formula is C17H19N3O. The first-order chi connectivity index (χ1) is 10.2. The van der Waals surface area contributed by atoms with Crippen LogP contribution in [-0.2, 0) is 0 Å². The molecule has 1 aromatic heterocycles. The Kier molecular flexibility index (Phi) is 3.60. The minimum absolute atomic E-state index is 0.00968. The number of hydrogen-bond donors (Lipinski definition) is 0. The third kappa shape index (κ3) is 2.27. The van der Waals surface area contributed by atoms with Gasteiger partial charge in [0, 0.05) is 19.8 Å². The van der Waals surface area contributed by atoms with Crippen molar-refractivity contribution >= 4 is 23.1 Å².